The van der Waals surface area contributed by atoms with Gasteiger partial charge in [0.05, 0.1) is 23.8 Å². The first-order chi connectivity index (χ1) is 13.7. The third-order valence-corrected chi connectivity index (χ3v) is 5.49. The predicted molar refractivity (Wildman–Crippen MR) is 111 cm³/mol. The fourth-order valence-electron chi connectivity index (χ4n) is 3.87. The molecule has 0 spiro atoms. The van der Waals surface area contributed by atoms with Gasteiger partial charge in [0.25, 0.3) is 11.5 Å². The molecule has 0 aliphatic heterocycles. The Kier molecular flexibility index (Phi) is 5.51. The average molecular weight is 375 g/mol. The maximum absolute atomic E-state index is 12.6. The van der Waals surface area contributed by atoms with Crippen LogP contribution >= 0.6 is 0 Å². The lowest BCUT2D eigenvalue weighted by atomic mass is 10.1. The third kappa shape index (κ3) is 4.14. The fraction of sp³-hybridized carbons (Fsp3) is 0.348. The van der Waals surface area contributed by atoms with E-state index < -0.39 is 0 Å². The summed E-state index contributed by atoms with van der Waals surface area (Å²) in [6.45, 7) is 0.432. The summed E-state index contributed by atoms with van der Waals surface area (Å²) < 4.78 is 1.60. The van der Waals surface area contributed by atoms with Crippen molar-refractivity contribution >= 4 is 16.8 Å². The zero-order valence-electron chi connectivity index (χ0n) is 15.9. The summed E-state index contributed by atoms with van der Waals surface area (Å²) >= 11 is 0. The summed E-state index contributed by atoms with van der Waals surface area (Å²) in [7, 11) is 0. The van der Waals surface area contributed by atoms with Crippen LogP contribution < -0.4 is 10.9 Å². The Morgan fingerprint density at radius 3 is 2.46 bits per heavy atom. The maximum atomic E-state index is 12.6. The minimum atomic E-state index is -0.0548. The number of carbonyl (C=O) groups excluding carboxylic acids is 1. The van der Waals surface area contributed by atoms with Crippen LogP contribution in [0, 0.1) is 0 Å². The number of nitrogens with zero attached hydrogens (tertiary/aromatic N) is 2. The lowest BCUT2D eigenvalue weighted by Crippen LogP contribution is -2.34. The van der Waals surface area contributed by atoms with E-state index in [9.17, 15) is 9.59 Å². The number of hydrogen-bond donors (Lipinski definition) is 1. The van der Waals surface area contributed by atoms with Crippen molar-refractivity contribution in [2.75, 3.05) is 0 Å². The lowest BCUT2D eigenvalue weighted by Gasteiger charge is -2.16. The highest BCUT2D eigenvalue weighted by Gasteiger charge is 2.15. The van der Waals surface area contributed by atoms with Gasteiger partial charge in [-0.25, -0.2) is 4.98 Å². The van der Waals surface area contributed by atoms with E-state index >= 15 is 0 Å². The number of aromatic nitrogens is 2. The van der Waals surface area contributed by atoms with Gasteiger partial charge in [-0.1, -0.05) is 49.9 Å². The molecule has 1 aliphatic rings. The van der Waals surface area contributed by atoms with Crippen molar-refractivity contribution in [3.05, 3.63) is 76.3 Å². The maximum Gasteiger partial charge on any atom is 0.261 e. The monoisotopic (exact) mass is 375 g/mol. The summed E-state index contributed by atoms with van der Waals surface area (Å²) in [5.74, 6) is -0.0111. The SMILES string of the molecule is O=C(NC1CCCCCC1)c1ccc(Cn2cnc3ccccc3c2=O)cc1. The number of hydrogen-bond acceptors (Lipinski definition) is 3. The number of amides is 1. The van der Waals surface area contributed by atoms with Crippen molar-refractivity contribution < 1.29 is 4.79 Å². The summed E-state index contributed by atoms with van der Waals surface area (Å²) in [6, 6.07) is 15.1. The van der Waals surface area contributed by atoms with Crippen LogP contribution in [-0.2, 0) is 6.54 Å². The van der Waals surface area contributed by atoms with Gasteiger partial charge in [-0.3, -0.25) is 14.2 Å². The summed E-state index contributed by atoms with van der Waals surface area (Å²) in [5, 5.41) is 3.78. The fourth-order valence-corrected chi connectivity index (χ4v) is 3.87. The Morgan fingerprint density at radius 1 is 1.00 bits per heavy atom. The molecular formula is C23H25N3O2. The van der Waals surface area contributed by atoms with Gasteiger partial charge >= 0.3 is 0 Å². The van der Waals surface area contributed by atoms with E-state index in [0.717, 1.165) is 18.4 Å². The van der Waals surface area contributed by atoms with Gasteiger partial charge in [0.2, 0.25) is 0 Å². The first-order valence-corrected chi connectivity index (χ1v) is 10.0. The first-order valence-electron chi connectivity index (χ1n) is 10.0. The van der Waals surface area contributed by atoms with Crippen LogP contribution in [-0.4, -0.2) is 21.5 Å². The largest absolute Gasteiger partial charge is 0.349 e. The van der Waals surface area contributed by atoms with Crippen molar-refractivity contribution in [2.24, 2.45) is 0 Å². The number of fused-ring (bicyclic) bond motifs is 1. The molecule has 1 amide bonds. The number of nitrogens with one attached hydrogen (secondary N) is 1. The molecular weight excluding hydrogens is 350 g/mol. The zero-order chi connectivity index (χ0) is 19.3. The second kappa shape index (κ2) is 8.38. The number of carbonyl (C=O) groups is 1. The third-order valence-electron chi connectivity index (χ3n) is 5.49. The summed E-state index contributed by atoms with van der Waals surface area (Å²) in [5.41, 5.74) is 2.28. The Balaban J connectivity index is 1.45. The van der Waals surface area contributed by atoms with E-state index in [1.165, 1.54) is 25.7 Å². The molecule has 0 bridgehead atoms. The summed E-state index contributed by atoms with van der Waals surface area (Å²) in [4.78, 5) is 29.5. The minimum absolute atomic E-state index is 0.0111. The van der Waals surface area contributed by atoms with Gasteiger partial charge in [-0.05, 0) is 42.7 Å². The standard InChI is InChI=1S/C23H25N3O2/c27-22(25-19-7-3-1-2-4-8-19)18-13-11-17(12-14-18)15-26-16-24-21-10-6-5-9-20(21)23(26)28/h5-6,9-14,16,19H,1-4,7-8,15H2,(H,25,27). The van der Waals surface area contributed by atoms with Crippen molar-refractivity contribution in [3.8, 4) is 0 Å². The molecule has 2 aromatic carbocycles. The highest BCUT2D eigenvalue weighted by molar-refractivity contribution is 5.94. The molecule has 1 aliphatic carbocycles. The molecule has 1 fully saturated rings. The first kappa shape index (κ1) is 18.4. The van der Waals surface area contributed by atoms with Crippen molar-refractivity contribution in [1.82, 2.24) is 14.9 Å². The average Bonchev–Trinajstić information content (AvgIpc) is 2.99. The van der Waals surface area contributed by atoms with Crippen molar-refractivity contribution in [1.29, 1.82) is 0 Å². The molecule has 1 saturated carbocycles. The topological polar surface area (TPSA) is 64.0 Å². The lowest BCUT2D eigenvalue weighted by molar-refractivity contribution is 0.0933. The molecule has 1 heterocycles. The Labute approximate surface area is 164 Å². The molecule has 0 radical (unpaired) electrons. The molecule has 144 valence electrons. The van der Waals surface area contributed by atoms with Crippen LogP contribution in [0.25, 0.3) is 10.9 Å². The minimum Gasteiger partial charge on any atom is -0.349 e. The molecule has 1 N–H and O–H groups in total. The van der Waals surface area contributed by atoms with Crippen LogP contribution in [0.2, 0.25) is 0 Å². The van der Waals surface area contributed by atoms with E-state index in [-0.39, 0.29) is 17.5 Å². The van der Waals surface area contributed by atoms with Crippen LogP contribution in [0.15, 0.2) is 59.7 Å². The highest BCUT2D eigenvalue weighted by Crippen LogP contribution is 2.18. The van der Waals surface area contributed by atoms with Gasteiger partial charge in [0.15, 0.2) is 0 Å². The quantitative estimate of drug-likeness (QED) is 0.704. The highest BCUT2D eigenvalue weighted by atomic mass is 16.1. The van der Waals surface area contributed by atoms with Gasteiger partial charge in [0.1, 0.15) is 0 Å². The van der Waals surface area contributed by atoms with E-state index in [4.69, 9.17) is 0 Å². The zero-order valence-corrected chi connectivity index (χ0v) is 15.9. The van der Waals surface area contributed by atoms with Gasteiger partial charge in [-0.2, -0.15) is 0 Å². The van der Waals surface area contributed by atoms with E-state index in [0.29, 0.717) is 23.0 Å². The van der Waals surface area contributed by atoms with Crippen molar-refractivity contribution in [3.63, 3.8) is 0 Å². The predicted octanol–water partition coefficient (Wildman–Crippen LogP) is 3.90. The normalized spacial score (nSPS) is 15.3. The molecule has 4 rings (SSSR count). The molecule has 0 unspecified atom stereocenters. The number of rotatable bonds is 4. The Morgan fingerprint density at radius 2 is 1.71 bits per heavy atom. The van der Waals surface area contributed by atoms with Crippen molar-refractivity contribution in [2.45, 2.75) is 51.1 Å². The molecule has 5 heteroatoms. The number of benzene rings is 2. The van der Waals surface area contributed by atoms with Crippen LogP contribution in [0.5, 0.6) is 0 Å². The van der Waals surface area contributed by atoms with Gasteiger partial charge in [0, 0.05) is 11.6 Å². The Hall–Kier alpha value is -2.95. The second-order valence-corrected chi connectivity index (χ2v) is 7.55. The smallest absolute Gasteiger partial charge is 0.261 e. The van der Waals surface area contributed by atoms with Gasteiger partial charge < -0.3 is 5.32 Å². The molecule has 1 aromatic heterocycles. The van der Waals surface area contributed by atoms with Crippen LogP contribution in [0.4, 0.5) is 0 Å². The molecule has 5 nitrogen and oxygen atoms in total. The van der Waals surface area contributed by atoms with E-state index in [2.05, 4.69) is 10.3 Å². The Bertz CT molecular complexity index is 1020. The van der Waals surface area contributed by atoms with Crippen LogP contribution in [0.1, 0.15) is 54.4 Å². The molecule has 3 aromatic rings. The molecule has 0 atom stereocenters. The number of para-hydroxylation sites is 1. The second-order valence-electron chi connectivity index (χ2n) is 7.55. The van der Waals surface area contributed by atoms with E-state index in [1.54, 1.807) is 17.0 Å². The molecule has 28 heavy (non-hydrogen) atoms. The van der Waals surface area contributed by atoms with E-state index in [1.807, 2.05) is 42.5 Å². The summed E-state index contributed by atoms with van der Waals surface area (Å²) in [6.07, 6.45) is 8.64. The van der Waals surface area contributed by atoms with Gasteiger partial charge in [-0.15, -0.1) is 0 Å². The molecule has 0 saturated heterocycles. The van der Waals surface area contributed by atoms with Crippen LogP contribution in [0.3, 0.4) is 0 Å².